The van der Waals surface area contributed by atoms with Gasteiger partial charge in [-0.2, -0.15) is 0 Å². The van der Waals surface area contributed by atoms with E-state index in [1.165, 1.54) is 17.5 Å². The number of hydrogen-bond acceptors (Lipinski definition) is 5. The second-order valence-electron chi connectivity index (χ2n) is 8.55. The van der Waals surface area contributed by atoms with Crippen molar-refractivity contribution in [2.75, 3.05) is 33.1 Å². The van der Waals surface area contributed by atoms with Crippen LogP contribution in [0.4, 0.5) is 10.5 Å². The van der Waals surface area contributed by atoms with Gasteiger partial charge >= 0.3 is 6.03 Å². The number of carbonyl (C=O) groups excluding carboxylic acids is 1. The number of amides is 2. The Kier molecular flexibility index (Phi) is 7.08. The maximum Gasteiger partial charge on any atom is 0.329 e. The lowest BCUT2D eigenvalue weighted by Gasteiger charge is -2.44. The molecule has 4 rings (SSSR count). The van der Waals surface area contributed by atoms with Crippen LogP contribution in [0.25, 0.3) is 0 Å². The number of halogens is 1. The standard InChI is InChI=1S/C24H30ClN3O3S/c1-28-12-11-24(16-7-8-20(30-2)21(13-16)31-3)10-9-19(15-22(24)28)32-27-23(29)26-18-6-4-5-17(25)14-18/h4-8,13-14,19,22H,9-12,15H2,1-3H3,(H2,26,27,29). The molecular weight excluding hydrogens is 446 g/mol. The van der Waals surface area contributed by atoms with Gasteiger partial charge in [-0.05, 0) is 87.1 Å². The molecule has 2 aromatic carbocycles. The zero-order valence-electron chi connectivity index (χ0n) is 18.7. The van der Waals surface area contributed by atoms with E-state index in [-0.39, 0.29) is 11.4 Å². The maximum absolute atomic E-state index is 12.4. The van der Waals surface area contributed by atoms with E-state index in [1.54, 1.807) is 26.4 Å². The smallest absolute Gasteiger partial charge is 0.329 e. The average molecular weight is 476 g/mol. The molecule has 0 aromatic heterocycles. The molecule has 3 unspecified atom stereocenters. The molecule has 0 radical (unpaired) electrons. The molecule has 1 saturated heterocycles. The van der Waals surface area contributed by atoms with Crippen LogP contribution in [0.15, 0.2) is 42.5 Å². The SMILES string of the molecule is COc1ccc(C23CCC(SNC(=O)Nc4cccc(Cl)c4)CC2N(C)CC3)cc1OC. The number of fused-ring (bicyclic) bond motifs is 1. The zero-order valence-corrected chi connectivity index (χ0v) is 20.3. The third-order valence-corrected chi connectivity index (χ3v) is 8.14. The first kappa shape index (κ1) is 23.1. The van der Waals surface area contributed by atoms with Crippen LogP contribution in [0.3, 0.4) is 0 Å². The molecule has 32 heavy (non-hydrogen) atoms. The summed E-state index contributed by atoms with van der Waals surface area (Å²) in [6, 6.07) is 13.7. The van der Waals surface area contributed by atoms with Gasteiger partial charge < -0.3 is 19.7 Å². The van der Waals surface area contributed by atoms with Crippen LogP contribution < -0.4 is 19.5 Å². The molecule has 2 N–H and O–H groups in total. The molecule has 0 bridgehead atoms. The van der Waals surface area contributed by atoms with Crippen molar-refractivity contribution < 1.29 is 14.3 Å². The van der Waals surface area contributed by atoms with E-state index < -0.39 is 0 Å². The number of likely N-dealkylation sites (tertiary alicyclic amines) is 1. The number of anilines is 1. The number of ether oxygens (including phenoxy) is 2. The van der Waals surface area contributed by atoms with E-state index in [2.05, 4.69) is 34.1 Å². The molecule has 8 heteroatoms. The van der Waals surface area contributed by atoms with Crippen molar-refractivity contribution in [3.05, 3.63) is 53.1 Å². The largest absolute Gasteiger partial charge is 0.493 e. The Bertz CT molecular complexity index is 975. The van der Waals surface area contributed by atoms with Crippen LogP contribution in [0.5, 0.6) is 11.5 Å². The number of nitrogens with one attached hydrogen (secondary N) is 2. The summed E-state index contributed by atoms with van der Waals surface area (Å²) in [5, 5.41) is 3.80. The molecular formula is C24H30ClN3O3S. The summed E-state index contributed by atoms with van der Waals surface area (Å²) in [6.07, 6.45) is 4.27. The van der Waals surface area contributed by atoms with Gasteiger partial charge in [0.15, 0.2) is 11.5 Å². The highest BCUT2D eigenvalue weighted by molar-refractivity contribution is 7.98. The molecule has 2 amide bonds. The fourth-order valence-electron chi connectivity index (χ4n) is 5.20. The highest BCUT2D eigenvalue weighted by Gasteiger charge is 2.50. The lowest BCUT2D eigenvalue weighted by Crippen LogP contribution is -2.47. The van der Waals surface area contributed by atoms with Crippen LogP contribution in [0, 0.1) is 0 Å². The Morgan fingerprint density at radius 3 is 2.72 bits per heavy atom. The predicted octanol–water partition coefficient (Wildman–Crippen LogP) is 5.32. The molecule has 2 fully saturated rings. The molecule has 1 heterocycles. The predicted molar refractivity (Wildman–Crippen MR) is 131 cm³/mol. The van der Waals surface area contributed by atoms with E-state index in [0.717, 1.165) is 43.7 Å². The number of benzene rings is 2. The highest BCUT2D eigenvalue weighted by Crippen LogP contribution is 2.51. The van der Waals surface area contributed by atoms with Gasteiger partial charge in [-0.3, -0.25) is 4.72 Å². The van der Waals surface area contributed by atoms with Crippen molar-refractivity contribution in [3.63, 3.8) is 0 Å². The minimum Gasteiger partial charge on any atom is -0.493 e. The van der Waals surface area contributed by atoms with Crippen molar-refractivity contribution in [2.24, 2.45) is 0 Å². The van der Waals surface area contributed by atoms with Gasteiger partial charge in [0.05, 0.1) is 14.2 Å². The summed E-state index contributed by atoms with van der Waals surface area (Å²) in [7, 11) is 5.56. The fourth-order valence-corrected chi connectivity index (χ4v) is 6.23. The number of urea groups is 1. The number of hydrogen-bond donors (Lipinski definition) is 2. The minimum atomic E-state index is -0.228. The molecule has 172 valence electrons. The van der Waals surface area contributed by atoms with Gasteiger partial charge in [0.2, 0.25) is 0 Å². The van der Waals surface area contributed by atoms with Gasteiger partial charge in [0.25, 0.3) is 0 Å². The monoisotopic (exact) mass is 475 g/mol. The van der Waals surface area contributed by atoms with Crippen LogP contribution in [0.1, 0.15) is 31.2 Å². The van der Waals surface area contributed by atoms with Crippen molar-refractivity contribution >= 4 is 35.3 Å². The van der Waals surface area contributed by atoms with E-state index >= 15 is 0 Å². The Labute approximate surface area is 199 Å². The Balaban J connectivity index is 1.42. The quantitative estimate of drug-likeness (QED) is 0.553. The molecule has 2 aromatic rings. The summed E-state index contributed by atoms with van der Waals surface area (Å²) in [5.41, 5.74) is 2.11. The van der Waals surface area contributed by atoms with E-state index in [9.17, 15) is 4.79 Å². The first-order valence-electron chi connectivity index (χ1n) is 10.9. The summed E-state index contributed by atoms with van der Waals surface area (Å²) in [6.45, 7) is 1.07. The maximum atomic E-state index is 12.4. The molecule has 1 aliphatic heterocycles. The number of rotatable bonds is 6. The van der Waals surface area contributed by atoms with Crippen LogP contribution in [-0.4, -0.2) is 50.0 Å². The lowest BCUT2D eigenvalue weighted by molar-refractivity contribution is 0.185. The van der Waals surface area contributed by atoms with Gasteiger partial charge in [0, 0.05) is 27.4 Å². The molecule has 0 spiro atoms. The molecule has 1 aliphatic carbocycles. The fraction of sp³-hybridized carbons (Fsp3) is 0.458. The molecule has 3 atom stereocenters. The van der Waals surface area contributed by atoms with Gasteiger partial charge in [-0.25, -0.2) is 4.79 Å². The van der Waals surface area contributed by atoms with Crippen molar-refractivity contribution in [1.82, 2.24) is 9.62 Å². The lowest BCUT2D eigenvalue weighted by atomic mass is 9.66. The van der Waals surface area contributed by atoms with Crippen LogP contribution in [-0.2, 0) is 5.41 Å². The van der Waals surface area contributed by atoms with Gasteiger partial charge in [0.1, 0.15) is 0 Å². The first-order chi connectivity index (χ1) is 15.4. The summed E-state index contributed by atoms with van der Waals surface area (Å²) in [4.78, 5) is 14.8. The first-order valence-corrected chi connectivity index (χ1v) is 12.1. The van der Waals surface area contributed by atoms with Crippen molar-refractivity contribution in [1.29, 1.82) is 0 Å². The number of carbonyl (C=O) groups is 1. The topological polar surface area (TPSA) is 62.8 Å². The third kappa shape index (κ3) is 4.65. The third-order valence-electron chi connectivity index (χ3n) is 6.84. The molecule has 6 nitrogen and oxygen atoms in total. The highest BCUT2D eigenvalue weighted by atomic mass is 35.5. The van der Waals surface area contributed by atoms with Gasteiger partial charge in [-0.1, -0.05) is 23.7 Å². The number of methoxy groups -OCH3 is 2. The summed E-state index contributed by atoms with van der Waals surface area (Å²) in [5.74, 6) is 1.54. The number of nitrogens with zero attached hydrogens (tertiary/aromatic N) is 1. The van der Waals surface area contributed by atoms with Crippen molar-refractivity contribution in [3.8, 4) is 11.5 Å². The minimum absolute atomic E-state index is 0.106. The Morgan fingerprint density at radius 2 is 1.97 bits per heavy atom. The Morgan fingerprint density at radius 1 is 1.16 bits per heavy atom. The second kappa shape index (κ2) is 9.81. The van der Waals surface area contributed by atoms with Crippen LogP contribution in [0.2, 0.25) is 5.02 Å². The van der Waals surface area contributed by atoms with Gasteiger partial charge in [-0.15, -0.1) is 0 Å². The number of likely N-dealkylation sites (N-methyl/N-ethyl adjacent to an activating group) is 1. The zero-order chi connectivity index (χ0) is 22.7. The Hall–Kier alpha value is -2.09. The molecule has 2 aliphatic rings. The van der Waals surface area contributed by atoms with Crippen LogP contribution >= 0.6 is 23.5 Å². The average Bonchev–Trinajstić information content (AvgIpc) is 3.14. The van der Waals surface area contributed by atoms with Crippen molar-refractivity contribution in [2.45, 2.75) is 42.4 Å². The van der Waals surface area contributed by atoms with E-state index in [1.807, 2.05) is 18.2 Å². The molecule has 1 saturated carbocycles. The van der Waals surface area contributed by atoms with E-state index in [4.69, 9.17) is 21.1 Å². The second-order valence-corrected chi connectivity index (χ2v) is 10.1. The van der Waals surface area contributed by atoms with E-state index in [0.29, 0.717) is 22.0 Å². The summed E-state index contributed by atoms with van der Waals surface area (Å²) >= 11 is 7.52. The summed E-state index contributed by atoms with van der Waals surface area (Å²) < 4.78 is 14.0. The normalized spacial score (nSPS) is 25.1.